The van der Waals surface area contributed by atoms with Gasteiger partial charge in [-0.1, -0.05) is 0 Å². The fourth-order valence-electron chi connectivity index (χ4n) is 6.29. The van der Waals surface area contributed by atoms with Crippen LogP contribution in [0.25, 0.3) is 22.6 Å². The zero-order chi connectivity index (χ0) is 34.0. The van der Waals surface area contributed by atoms with Crippen molar-refractivity contribution in [3.63, 3.8) is 0 Å². The Bertz CT molecular complexity index is 1850. The average molecular weight is 693 g/mol. The second kappa shape index (κ2) is 13.9. The molecular formula is C33H41FN10O4S. The van der Waals surface area contributed by atoms with Crippen LogP contribution in [0.3, 0.4) is 0 Å². The van der Waals surface area contributed by atoms with E-state index in [2.05, 4.69) is 45.6 Å². The van der Waals surface area contributed by atoms with Crippen molar-refractivity contribution in [1.82, 2.24) is 39.0 Å². The Kier molecular flexibility index (Phi) is 9.44. The van der Waals surface area contributed by atoms with E-state index in [0.29, 0.717) is 66.8 Å². The molecule has 0 aromatic carbocycles. The first kappa shape index (κ1) is 33.2. The van der Waals surface area contributed by atoms with Gasteiger partial charge in [-0.2, -0.15) is 9.19 Å². The van der Waals surface area contributed by atoms with E-state index in [1.807, 2.05) is 13.0 Å². The number of rotatable bonds is 12. The Morgan fingerprint density at radius 3 is 2.51 bits per heavy atom. The van der Waals surface area contributed by atoms with Gasteiger partial charge >= 0.3 is 0 Å². The predicted octanol–water partition coefficient (Wildman–Crippen LogP) is 4.19. The quantitative estimate of drug-likeness (QED) is 0.193. The van der Waals surface area contributed by atoms with Gasteiger partial charge in [0.15, 0.2) is 5.82 Å². The molecule has 3 N–H and O–H groups in total. The lowest BCUT2D eigenvalue weighted by molar-refractivity contribution is 0.0196. The van der Waals surface area contributed by atoms with Gasteiger partial charge in [0.1, 0.15) is 24.4 Å². The number of anilines is 3. The van der Waals surface area contributed by atoms with E-state index in [0.717, 1.165) is 54.1 Å². The first-order valence-electron chi connectivity index (χ1n) is 16.8. The smallest absolute Gasteiger partial charge is 0.256 e. The van der Waals surface area contributed by atoms with Crippen LogP contribution in [0.4, 0.5) is 21.7 Å². The minimum Gasteiger partial charge on any atom is -0.473 e. The van der Waals surface area contributed by atoms with Crippen molar-refractivity contribution < 1.29 is 22.7 Å². The maximum absolute atomic E-state index is 12.7. The van der Waals surface area contributed by atoms with Gasteiger partial charge in [0.25, 0.3) is 10.0 Å². The highest BCUT2D eigenvalue weighted by atomic mass is 32.2. The number of likely N-dealkylation sites (tertiary alicyclic amines) is 1. The molecular weight excluding hydrogens is 651 g/mol. The lowest BCUT2D eigenvalue weighted by Crippen LogP contribution is -2.39. The predicted molar refractivity (Wildman–Crippen MR) is 182 cm³/mol. The SMILES string of the molecule is CC1(O)CCC(Nc2cc(Nc3ccnc(-c4cnn(S(=O)(=O)C5CC5)c4)n3)ncc2-c2cnc(OC3CCN(CCF)CC3)cn2)CC1. The molecule has 3 aliphatic rings. The molecule has 260 valence electrons. The molecule has 2 aliphatic carbocycles. The van der Waals surface area contributed by atoms with Gasteiger partial charge in [0.05, 0.1) is 46.9 Å². The summed E-state index contributed by atoms with van der Waals surface area (Å²) < 4.78 is 45.0. The molecule has 0 unspecified atom stereocenters. The molecule has 0 atom stereocenters. The molecule has 0 amide bonds. The van der Waals surface area contributed by atoms with E-state index < -0.39 is 15.6 Å². The van der Waals surface area contributed by atoms with Crippen LogP contribution in [0, 0.1) is 0 Å². The summed E-state index contributed by atoms with van der Waals surface area (Å²) in [4.78, 5) is 24.9. The first-order valence-corrected chi connectivity index (χ1v) is 18.3. The molecule has 5 heterocycles. The van der Waals surface area contributed by atoms with E-state index in [9.17, 15) is 17.9 Å². The lowest BCUT2D eigenvalue weighted by atomic mass is 9.83. The minimum absolute atomic E-state index is 0.0121. The number of aromatic nitrogens is 7. The van der Waals surface area contributed by atoms with E-state index in [1.165, 1.54) is 12.4 Å². The highest BCUT2D eigenvalue weighted by molar-refractivity contribution is 7.90. The van der Waals surface area contributed by atoms with Gasteiger partial charge in [-0.15, -0.1) is 0 Å². The summed E-state index contributed by atoms with van der Waals surface area (Å²) in [6.45, 7) is 3.59. The fourth-order valence-corrected chi connectivity index (χ4v) is 7.76. The molecule has 2 saturated carbocycles. The third-order valence-electron chi connectivity index (χ3n) is 9.39. The molecule has 14 nitrogen and oxygen atoms in total. The number of nitrogens with one attached hydrogen (secondary N) is 2. The molecule has 0 bridgehead atoms. The molecule has 16 heteroatoms. The maximum Gasteiger partial charge on any atom is 0.256 e. The van der Waals surface area contributed by atoms with Crippen LogP contribution >= 0.6 is 0 Å². The standard InChI is InChI=1S/C33H41FN10O4S/c1-33(45)9-4-23(5-10-33)40-27-16-30(41-29-6-12-35-32(42-29)22-17-39-44(21-22)49(46,47)25-2-3-25)37-18-26(27)28-19-38-31(20-36-28)48-24-7-13-43(14-8-24)15-11-34/h6,12,16-21,23-25,45H,2-5,7-11,13-15H2,1H3,(H2,35,37,40,41,42). The number of nitrogens with zero attached hydrogens (tertiary/aromatic N) is 8. The number of halogens is 1. The largest absolute Gasteiger partial charge is 0.473 e. The van der Waals surface area contributed by atoms with Crippen molar-refractivity contribution in [2.45, 2.75) is 81.3 Å². The zero-order valence-electron chi connectivity index (χ0n) is 27.4. The summed E-state index contributed by atoms with van der Waals surface area (Å²) in [6, 6.07) is 3.74. The topological polar surface area (TPSA) is 173 Å². The van der Waals surface area contributed by atoms with Crippen LogP contribution in [0.15, 0.2) is 49.3 Å². The third-order valence-corrected chi connectivity index (χ3v) is 11.4. The molecule has 0 spiro atoms. The minimum atomic E-state index is -3.50. The monoisotopic (exact) mass is 692 g/mol. The highest BCUT2D eigenvalue weighted by Crippen LogP contribution is 2.35. The highest BCUT2D eigenvalue weighted by Gasteiger charge is 2.38. The molecule has 1 saturated heterocycles. The number of piperidine rings is 1. The molecule has 49 heavy (non-hydrogen) atoms. The van der Waals surface area contributed by atoms with Crippen molar-refractivity contribution in [2.75, 3.05) is 36.9 Å². The van der Waals surface area contributed by atoms with Crippen LogP contribution in [0.1, 0.15) is 58.3 Å². The third kappa shape index (κ3) is 7.97. The molecule has 3 fully saturated rings. The van der Waals surface area contributed by atoms with E-state index >= 15 is 0 Å². The summed E-state index contributed by atoms with van der Waals surface area (Å²) in [7, 11) is -3.50. The molecule has 7 rings (SSSR count). The van der Waals surface area contributed by atoms with Gasteiger partial charge in [0.2, 0.25) is 5.88 Å². The van der Waals surface area contributed by atoms with Crippen LogP contribution in [-0.2, 0) is 10.0 Å². The molecule has 1 aliphatic heterocycles. The summed E-state index contributed by atoms with van der Waals surface area (Å²) in [5, 5.41) is 21.1. The van der Waals surface area contributed by atoms with Gasteiger partial charge in [0, 0.05) is 55.4 Å². The maximum atomic E-state index is 12.7. The van der Waals surface area contributed by atoms with E-state index in [1.54, 1.807) is 30.9 Å². The van der Waals surface area contributed by atoms with Gasteiger partial charge in [-0.25, -0.2) is 37.7 Å². The van der Waals surface area contributed by atoms with Crippen molar-refractivity contribution in [3.8, 4) is 28.5 Å². The molecule has 4 aromatic rings. The van der Waals surface area contributed by atoms with E-state index in [4.69, 9.17) is 4.74 Å². The number of ether oxygens (including phenoxy) is 1. The van der Waals surface area contributed by atoms with Crippen molar-refractivity contribution >= 4 is 27.3 Å². The summed E-state index contributed by atoms with van der Waals surface area (Å²) in [6.07, 6.45) is 15.4. The van der Waals surface area contributed by atoms with Crippen LogP contribution in [-0.4, -0.2) is 102 Å². The summed E-state index contributed by atoms with van der Waals surface area (Å²) in [5.74, 6) is 1.77. The van der Waals surface area contributed by atoms with E-state index in [-0.39, 0.29) is 24.1 Å². The number of hydrogen-bond acceptors (Lipinski definition) is 13. The van der Waals surface area contributed by atoms with Gasteiger partial charge < -0.3 is 25.4 Å². The van der Waals surface area contributed by atoms with Crippen LogP contribution < -0.4 is 15.4 Å². The second-order valence-corrected chi connectivity index (χ2v) is 15.4. The first-order chi connectivity index (χ1) is 23.6. The number of pyridine rings is 1. The average Bonchev–Trinajstić information content (AvgIpc) is 3.84. The second-order valence-electron chi connectivity index (χ2n) is 13.4. The van der Waals surface area contributed by atoms with Crippen LogP contribution in [0.5, 0.6) is 5.88 Å². The fraction of sp³-hybridized carbons (Fsp3) is 0.515. The number of hydrogen-bond donors (Lipinski definition) is 3. The number of aliphatic hydroxyl groups is 1. The van der Waals surface area contributed by atoms with Gasteiger partial charge in [-0.05, 0) is 64.4 Å². The lowest BCUT2D eigenvalue weighted by Gasteiger charge is -2.34. The van der Waals surface area contributed by atoms with Crippen molar-refractivity contribution in [3.05, 3.63) is 49.3 Å². The zero-order valence-corrected chi connectivity index (χ0v) is 28.2. The van der Waals surface area contributed by atoms with Crippen molar-refractivity contribution in [2.24, 2.45) is 0 Å². The summed E-state index contributed by atoms with van der Waals surface area (Å²) >= 11 is 0. The normalized spacial score (nSPS) is 22.1. The molecule has 0 radical (unpaired) electrons. The number of alkyl halides is 1. The Labute approximate surface area is 284 Å². The van der Waals surface area contributed by atoms with Crippen molar-refractivity contribution in [1.29, 1.82) is 0 Å². The Balaban J connectivity index is 1.09. The van der Waals surface area contributed by atoms with Crippen LogP contribution in [0.2, 0.25) is 0 Å². The Morgan fingerprint density at radius 2 is 1.80 bits per heavy atom. The molecule has 4 aromatic heterocycles. The summed E-state index contributed by atoms with van der Waals surface area (Å²) in [5.41, 5.74) is 2.00. The Morgan fingerprint density at radius 1 is 1.00 bits per heavy atom. The Hall–Kier alpha value is -4.28. The van der Waals surface area contributed by atoms with Gasteiger partial charge in [-0.3, -0.25) is 0 Å².